The molecule has 1 fully saturated rings. The Balaban J connectivity index is 1.84. The number of nitrogens with one attached hydrogen (secondary N) is 1. The van der Waals surface area contributed by atoms with Crippen molar-refractivity contribution in [1.82, 2.24) is 9.88 Å². The zero-order valence-corrected chi connectivity index (χ0v) is 13.8. The second-order valence-corrected chi connectivity index (χ2v) is 6.19. The van der Waals surface area contributed by atoms with Crippen LogP contribution in [0.2, 0.25) is 0 Å². The Morgan fingerprint density at radius 3 is 2.75 bits per heavy atom. The molecular formula is C19H22N2O3. The minimum Gasteiger partial charge on any atom is -0.483 e. The summed E-state index contributed by atoms with van der Waals surface area (Å²) in [5.41, 5.74) is 0.821. The highest BCUT2D eigenvalue weighted by Gasteiger charge is 2.17. The van der Waals surface area contributed by atoms with Crippen molar-refractivity contribution in [2.45, 2.75) is 39.0 Å². The van der Waals surface area contributed by atoms with Gasteiger partial charge in [-0.1, -0.05) is 30.3 Å². The van der Waals surface area contributed by atoms with E-state index in [9.17, 15) is 9.59 Å². The van der Waals surface area contributed by atoms with E-state index in [1.807, 2.05) is 34.9 Å². The molecule has 0 radical (unpaired) electrons. The lowest BCUT2D eigenvalue weighted by Gasteiger charge is -2.16. The van der Waals surface area contributed by atoms with Crippen molar-refractivity contribution in [3.8, 4) is 5.75 Å². The van der Waals surface area contributed by atoms with Crippen LogP contribution in [0.25, 0.3) is 0 Å². The lowest BCUT2D eigenvalue weighted by Crippen LogP contribution is -2.28. The molecule has 2 heterocycles. The van der Waals surface area contributed by atoms with Crippen LogP contribution in [0.15, 0.2) is 47.5 Å². The van der Waals surface area contributed by atoms with Crippen molar-refractivity contribution in [3.05, 3.63) is 64.1 Å². The molecule has 0 aliphatic carbocycles. The summed E-state index contributed by atoms with van der Waals surface area (Å²) in [6.07, 6.45) is 5.60. The number of carbonyl (C=O) groups is 1. The Bertz CT molecular complexity index is 762. The molecular weight excluding hydrogens is 304 g/mol. The summed E-state index contributed by atoms with van der Waals surface area (Å²) in [6, 6.07) is 10.0. The number of aromatic nitrogens is 1. The quantitative estimate of drug-likeness (QED) is 0.828. The number of hydrogen-bond donors (Lipinski definition) is 1. The van der Waals surface area contributed by atoms with Crippen LogP contribution < -0.4 is 15.5 Å². The molecule has 2 aromatic rings. The maximum atomic E-state index is 12.4. The van der Waals surface area contributed by atoms with Crippen molar-refractivity contribution in [2.75, 3.05) is 6.54 Å². The van der Waals surface area contributed by atoms with Crippen molar-refractivity contribution in [3.63, 3.8) is 0 Å². The molecule has 0 spiro atoms. The first kappa shape index (κ1) is 16.5. The molecule has 3 rings (SSSR count). The fourth-order valence-electron chi connectivity index (χ4n) is 2.97. The first-order valence-corrected chi connectivity index (χ1v) is 8.28. The van der Waals surface area contributed by atoms with Gasteiger partial charge in [0, 0.05) is 18.8 Å². The van der Waals surface area contributed by atoms with E-state index in [0.29, 0.717) is 12.6 Å². The van der Waals surface area contributed by atoms with Gasteiger partial charge in [-0.2, -0.15) is 0 Å². The molecule has 0 bridgehead atoms. The van der Waals surface area contributed by atoms with Gasteiger partial charge in [-0.05, 0) is 31.9 Å². The SMILES string of the molecule is CC(=O)c1cn(C[C@@H]2CCCN2)cc(OCc2ccccc2)c1=O. The molecule has 5 heteroatoms. The number of ketones is 1. The molecule has 24 heavy (non-hydrogen) atoms. The van der Waals surface area contributed by atoms with Crippen LogP contribution in [-0.4, -0.2) is 22.9 Å². The molecule has 1 saturated heterocycles. The van der Waals surface area contributed by atoms with Gasteiger partial charge in [0.05, 0.1) is 11.8 Å². The molecule has 1 aromatic heterocycles. The summed E-state index contributed by atoms with van der Waals surface area (Å²) >= 11 is 0. The second kappa shape index (κ2) is 7.45. The van der Waals surface area contributed by atoms with Gasteiger partial charge in [0.2, 0.25) is 5.43 Å². The van der Waals surface area contributed by atoms with Crippen LogP contribution in [0.5, 0.6) is 5.75 Å². The van der Waals surface area contributed by atoms with Gasteiger partial charge in [-0.3, -0.25) is 9.59 Å². The Morgan fingerprint density at radius 2 is 2.08 bits per heavy atom. The first-order valence-electron chi connectivity index (χ1n) is 8.28. The van der Waals surface area contributed by atoms with Crippen LogP contribution in [-0.2, 0) is 13.2 Å². The monoisotopic (exact) mass is 326 g/mol. The Hall–Kier alpha value is -2.40. The topological polar surface area (TPSA) is 60.3 Å². The number of nitrogens with zero attached hydrogens (tertiary/aromatic N) is 1. The van der Waals surface area contributed by atoms with Crippen LogP contribution >= 0.6 is 0 Å². The zero-order chi connectivity index (χ0) is 16.9. The average Bonchev–Trinajstić information content (AvgIpc) is 3.08. The standard InChI is InChI=1S/C19H22N2O3/c1-14(22)17-11-21(10-16-8-5-9-20-16)12-18(19(17)23)24-13-15-6-3-2-4-7-15/h2-4,6-7,11-12,16,20H,5,8-10,13H2,1H3/t16-/m0/s1. The maximum absolute atomic E-state index is 12.4. The molecule has 0 amide bonds. The summed E-state index contributed by atoms with van der Waals surface area (Å²) in [5.74, 6) is -0.0113. The zero-order valence-electron chi connectivity index (χ0n) is 13.8. The van der Waals surface area contributed by atoms with Gasteiger partial charge in [0.15, 0.2) is 11.5 Å². The summed E-state index contributed by atoms with van der Waals surface area (Å²) in [6.45, 7) is 3.46. The number of rotatable bonds is 6. The maximum Gasteiger partial charge on any atom is 0.234 e. The van der Waals surface area contributed by atoms with E-state index in [0.717, 1.165) is 31.5 Å². The average molecular weight is 326 g/mol. The van der Waals surface area contributed by atoms with Crippen LogP contribution in [0.3, 0.4) is 0 Å². The highest BCUT2D eigenvalue weighted by molar-refractivity contribution is 5.94. The lowest BCUT2D eigenvalue weighted by molar-refractivity contribution is 0.101. The number of ether oxygens (including phenoxy) is 1. The molecule has 1 aliphatic rings. The fraction of sp³-hybridized carbons (Fsp3) is 0.368. The van der Waals surface area contributed by atoms with Crippen molar-refractivity contribution >= 4 is 5.78 Å². The van der Waals surface area contributed by atoms with E-state index in [4.69, 9.17) is 4.74 Å². The first-order chi connectivity index (χ1) is 11.6. The molecule has 1 aromatic carbocycles. The smallest absolute Gasteiger partial charge is 0.234 e. The predicted molar refractivity (Wildman–Crippen MR) is 92.5 cm³/mol. The van der Waals surface area contributed by atoms with Crippen molar-refractivity contribution in [2.24, 2.45) is 0 Å². The summed E-state index contributed by atoms with van der Waals surface area (Å²) in [7, 11) is 0. The van der Waals surface area contributed by atoms with E-state index in [-0.39, 0.29) is 22.5 Å². The summed E-state index contributed by atoms with van der Waals surface area (Å²) < 4.78 is 7.60. The van der Waals surface area contributed by atoms with Gasteiger partial charge in [-0.25, -0.2) is 0 Å². The Labute approximate surface area is 141 Å². The summed E-state index contributed by atoms with van der Waals surface area (Å²) in [4.78, 5) is 24.2. The third-order valence-electron chi connectivity index (χ3n) is 4.26. The van der Waals surface area contributed by atoms with Crippen LogP contribution in [0, 0.1) is 0 Å². The van der Waals surface area contributed by atoms with E-state index in [1.165, 1.54) is 6.92 Å². The largest absolute Gasteiger partial charge is 0.483 e. The molecule has 5 nitrogen and oxygen atoms in total. The van der Waals surface area contributed by atoms with E-state index < -0.39 is 0 Å². The highest BCUT2D eigenvalue weighted by Crippen LogP contribution is 2.13. The molecule has 1 atom stereocenters. The minimum absolute atomic E-state index is 0.179. The molecule has 1 aliphatic heterocycles. The molecule has 126 valence electrons. The van der Waals surface area contributed by atoms with Crippen molar-refractivity contribution in [1.29, 1.82) is 0 Å². The van der Waals surface area contributed by atoms with Gasteiger partial charge in [0.1, 0.15) is 6.61 Å². The third kappa shape index (κ3) is 3.92. The number of carbonyl (C=O) groups excluding carboxylic acids is 1. The van der Waals surface area contributed by atoms with E-state index in [1.54, 1.807) is 12.4 Å². The normalized spacial score (nSPS) is 17.0. The number of Topliss-reactive ketones (excluding diaryl/α,β-unsaturated/α-hetero) is 1. The molecule has 0 saturated carbocycles. The Morgan fingerprint density at radius 1 is 1.29 bits per heavy atom. The Kier molecular flexibility index (Phi) is 5.11. The van der Waals surface area contributed by atoms with Gasteiger partial charge >= 0.3 is 0 Å². The van der Waals surface area contributed by atoms with Crippen LogP contribution in [0.1, 0.15) is 35.7 Å². The molecule has 0 unspecified atom stereocenters. The number of benzene rings is 1. The second-order valence-electron chi connectivity index (χ2n) is 6.19. The predicted octanol–water partition coefficient (Wildman–Crippen LogP) is 2.38. The van der Waals surface area contributed by atoms with E-state index >= 15 is 0 Å². The third-order valence-corrected chi connectivity index (χ3v) is 4.26. The molecule has 1 N–H and O–H groups in total. The van der Waals surface area contributed by atoms with E-state index in [2.05, 4.69) is 5.32 Å². The summed E-state index contributed by atoms with van der Waals surface area (Å²) in [5, 5.41) is 3.42. The number of hydrogen-bond acceptors (Lipinski definition) is 4. The number of pyridine rings is 1. The van der Waals surface area contributed by atoms with Gasteiger partial charge < -0.3 is 14.6 Å². The highest BCUT2D eigenvalue weighted by atomic mass is 16.5. The van der Waals surface area contributed by atoms with Gasteiger partial charge in [-0.15, -0.1) is 0 Å². The fourth-order valence-corrected chi connectivity index (χ4v) is 2.97. The van der Waals surface area contributed by atoms with Crippen LogP contribution in [0.4, 0.5) is 0 Å². The minimum atomic E-state index is -0.339. The lowest BCUT2D eigenvalue weighted by atomic mass is 10.1. The van der Waals surface area contributed by atoms with Gasteiger partial charge in [0.25, 0.3) is 0 Å². The van der Waals surface area contributed by atoms with Crippen molar-refractivity contribution < 1.29 is 9.53 Å².